The van der Waals surface area contributed by atoms with Crippen molar-refractivity contribution in [1.82, 2.24) is 19.8 Å². The summed E-state index contributed by atoms with van der Waals surface area (Å²) in [6.45, 7) is 1.46. The third-order valence-corrected chi connectivity index (χ3v) is 7.39. The quantitative estimate of drug-likeness (QED) is 0.678. The highest BCUT2D eigenvalue weighted by atomic mass is 32.1. The number of nitrogens with one attached hydrogen (secondary N) is 1. The van der Waals surface area contributed by atoms with Crippen LogP contribution in [0.5, 0.6) is 0 Å². The summed E-state index contributed by atoms with van der Waals surface area (Å²) >= 11 is 2.83. The molecule has 2 aliphatic rings. The number of amides is 2. The van der Waals surface area contributed by atoms with Gasteiger partial charge in [0.25, 0.3) is 17.4 Å². The Morgan fingerprint density at radius 2 is 1.80 bits per heavy atom. The Kier molecular flexibility index (Phi) is 5.00. The molecular weight excluding hydrogens is 420 g/mol. The van der Waals surface area contributed by atoms with E-state index in [1.54, 1.807) is 9.80 Å². The van der Waals surface area contributed by atoms with Gasteiger partial charge in [-0.2, -0.15) is 0 Å². The zero-order valence-electron chi connectivity index (χ0n) is 16.2. The normalized spacial score (nSPS) is 18.5. The molecule has 5 heterocycles. The number of hydrogen-bond donors (Lipinski definition) is 1. The Labute approximate surface area is 181 Å². The first-order valence-electron chi connectivity index (χ1n) is 9.91. The molecule has 2 amide bonds. The van der Waals surface area contributed by atoms with Gasteiger partial charge in [0.1, 0.15) is 5.82 Å². The molecule has 154 valence electrons. The van der Waals surface area contributed by atoms with Crippen molar-refractivity contribution in [1.29, 1.82) is 0 Å². The van der Waals surface area contributed by atoms with E-state index in [-0.39, 0.29) is 23.4 Å². The number of thiophene rings is 2. The molecule has 0 aromatic carbocycles. The Bertz CT molecular complexity index is 1140. The summed E-state index contributed by atoms with van der Waals surface area (Å²) in [5.41, 5.74) is 1.12. The van der Waals surface area contributed by atoms with Crippen LogP contribution >= 0.6 is 22.7 Å². The van der Waals surface area contributed by atoms with Gasteiger partial charge in [-0.25, -0.2) is 4.98 Å². The van der Waals surface area contributed by atoms with E-state index in [9.17, 15) is 14.4 Å². The lowest BCUT2D eigenvalue weighted by molar-refractivity contribution is 0.0733. The van der Waals surface area contributed by atoms with Crippen LogP contribution < -0.4 is 5.56 Å². The van der Waals surface area contributed by atoms with Crippen molar-refractivity contribution in [2.75, 3.05) is 13.1 Å². The topological polar surface area (TPSA) is 86.4 Å². The van der Waals surface area contributed by atoms with E-state index in [1.807, 2.05) is 35.0 Å². The Morgan fingerprint density at radius 3 is 2.50 bits per heavy atom. The fraction of sp³-hybridized carbons (Fsp3) is 0.333. The molecule has 2 aliphatic heterocycles. The van der Waals surface area contributed by atoms with Crippen molar-refractivity contribution in [2.24, 2.45) is 0 Å². The third-order valence-electron chi connectivity index (χ3n) is 5.67. The van der Waals surface area contributed by atoms with E-state index in [2.05, 4.69) is 4.98 Å². The minimum Gasteiger partial charge on any atom is -0.332 e. The second-order valence-corrected chi connectivity index (χ2v) is 9.36. The van der Waals surface area contributed by atoms with E-state index >= 15 is 0 Å². The molecular formula is C21H20N4O3S2. The van der Waals surface area contributed by atoms with Crippen LogP contribution in [-0.2, 0) is 13.0 Å². The number of carbonyl (C=O) groups is 2. The average molecular weight is 441 g/mol. The summed E-state index contributed by atoms with van der Waals surface area (Å²) < 4.78 is 0. The molecule has 0 bridgehead atoms. The summed E-state index contributed by atoms with van der Waals surface area (Å²) in [5.74, 6) is 0.462. The van der Waals surface area contributed by atoms with Crippen molar-refractivity contribution < 1.29 is 9.59 Å². The van der Waals surface area contributed by atoms with Gasteiger partial charge < -0.3 is 14.8 Å². The smallest absolute Gasteiger partial charge is 0.264 e. The molecule has 3 aromatic heterocycles. The zero-order chi connectivity index (χ0) is 20.7. The standard InChI is InChI=1S/C21H20N4O3S2/c26-19-13-7-9-24(20(27)16-5-2-10-29-16)12-14(13)22-18(23-19)15-4-1-8-25(15)21(28)17-6-3-11-30-17/h2-3,5-6,10-11,15H,1,4,7-9,12H2,(H,22,23,26)/t15-/m0/s1. The highest BCUT2D eigenvalue weighted by molar-refractivity contribution is 7.12. The Balaban J connectivity index is 1.43. The largest absolute Gasteiger partial charge is 0.332 e. The van der Waals surface area contributed by atoms with Gasteiger partial charge in [-0.05, 0) is 42.2 Å². The first-order valence-corrected chi connectivity index (χ1v) is 11.7. The number of fused-ring (bicyclic) bond motifs is 1. The summed E-state index contributed by atoms with van der Waals surface area (Å²) in [6.07, 6.45) is 2.11. The minimum absolute atomic E-state index is 0.0256. The number of aromatic amines is 1. The van der Waals surface area contributed by atoms with Gasteiger partial charge in [0.15, 0.2) is 0 Å². The van der Waals surface area contributed by atoms with Crippen molar-refractivity contribution in [2.45, 2.75) is 31.8 Å². The summed E-state index contributed by atoms with van der Waals surface area (Å²) in [7, 11) is 0. The third kappa shape index (κ3) is 3.37. The Morgan fingerprint density at radius 1 is 1.07 bits per heavy atom. The van der Waals surface area contributed by atoms with Gasteiger partial charge >= 0.3 is 0 Å². The van der Waals surface area contributed by atoms with Gasteiger partial charge in [0, 0.05) is 18.7 Å². The highest BCUT2D eigenvalue weighted by Crippen LogP contribution is 2.32. The molecule has 7 nitrogen and oxygen atoms in total. The average Bonchev–Trinajstić information content (AvgIpc) is 3.54. The zero-order valence-corrected chi connectivity index (χ0v) is 17.8. The number of H-pyrrole nitrogens is 1. The molecule has 1 atom stereocenters. The highest BCUT2D eigenvalue weighted by Gasteiger charge is 2.34. The minimum atomic E-state index is -0.249. The maximum Gasteiger partial charge on any atom is 0.264 e. The first kappa shape index (κ1) is 19.2. The van der Waals surface area contributed by atoms with Crippen LogP contribution in [0.1, 0.15) is 55.3 Å². The molecule has 30 heavy (non-hydrogen) atoms. The fourth-order valence-corrected chi connectivity index (χ4v) is 5.55. The molecule has 0 radical (unpaired) electrons. The van der Waals surface area contributed by atoms with Gasteiger partial charge in [0.2, 0.25) is 0 Å². The molecule has 1 N–H and O–H groups in total. The fourth-order valence-electron chi connectivity index (χ4n) is 4.18. The predicted octanol–water partition coefficient (Wildman–Crippen LogP) is 3.07. The van der Waals surface area contributed by atoms with Crippen LogP contribution in [0.15, 0.2) is 39.8 Å². The maximum absolute atomic E-state index is 12.9. The number of rotatable bonds is 3. The van der Waals surface area contributed by atoms with E-state index in [0.717, 1.165) is 12.8 Å². The SMILES string of the molecule is O=C(c1cccs1)N1CCc2c(nc([C@@H]3CCCN3C(=O)c3cccs3)[nH]c2=O)C1. The lowest BCUT2D eigenvalue weighted by atomic mass is 10.1. The van der Waals surface area contributed by atoms with Crippen molar-refractivity contribution in [3.63, 3.8) is 0 Å². The van der Waals surface area contributed by atoms with E-state index in [4.69, 9.17) is 4.98 Å². The number of nitrogens with zero attached hydrogens (tertiary/aromatic N) is 3. The van der Waals surface area contributed by atoms with Crippen molar-refractivity contribution >= 4 is 34.5 Å². The lowest BCUT2D eigenvalue weighted by Crippen LogP contribution is -2.40. The molecule has 0 aliphatic carbocycles. The molecule has 3 aromatic rings. The van der Waals surface area contributed by atoms with E-state index in [1.165, 1.54) is 22.7 Å². The number of aromatic nitrogens is 2. The van der Waals surface area contributed by atoms with Gasteiger partial charge in [-0.3, -0.25) is 14.4 Å². The van der Waals surface area contributed by atoms with Crippen LogP contribution in [0.4, 0.5) is 0 Å². The van der Waals surface area contributed by atoms with Crippen LogP contribution in [0.2, 0.25) is 0 Å². The number of hydrogen-bond acceptors (Lipinski definition) is 6. The van der Waals surface area contributed by atoms with Gasteiger partial charge in [-0.1, -0.05) is 12.1 Å². The number of likely N-dealkylation sites (tertiary alicyclic amines) is 1. The van der Waals surface area contributed by atoms with Gasteiger partial charge in [0.05, 0.1) is 28.0 Å². The van der Waals surface area contributed by atoms with Crippen LogP contribution in [0.25, 0.3) is 0 Å². The summed E-state index contributed by atoms with van der Waals surface area (Å²) in [5, 5.41) is 3.77. The molecule has 0 saturated carbocycles. The molecule has 1 fully saturated rings. The molecule has 0 unspecified atom stereocenters. The summed E-state index contributed by atoms with van der Waals surface area (Å²) in [4.78, 5) is 51.0. The number of carbonyl (C=O) groups excluding carboxylic acids is 2. The summed E-state index contributed by atoms with van der Waals surface area (Å²) in [6, 6.07) is 7.10. The molecule has 5 rings (SSSR count). The monoisotopic (exact) mass is 440 g/mol. The first-order chi connectivity index (χ1) is 14.6. The predicted molar refractivity (Wildman–Crippen MR) is 115 cm³/mol. The Hall–Kier alpha value is -2.78. The molecule has 1 saturated heterocycles. The second kappa shape index (κ2) is 7.81. The van der Waals surface area contributed by atoms with E-state index < -0.39 is 0 Å². The van der Waals surface area contributed by atoms with Crippen molar-refractivity contribution in [3.05, 3.63) is 72.2 Å². The van der Waals surface area contributed by atoms with Crippen LogP contribution in [-0.4, -0.2) is 44.7 Å². The van der Waals surface area contributed by atoms with Crippen LogP contribution in [0, 0.1) is 0 Å². The maximum atomic E-state index is 12.9. The van der Waals surface area contributed by atoms with Gasteiger partial charge in [-0.15, -0.1) is 22.7 Å². The second-order valence-electron chi connectivity index (χ2n) is 7.46. The lowest BCUT2D eigenvalue weighted by Gasteiger charge is -2.29. The van der Waals surface area contributed by atoms with Crippen LogP contribution in [0.3, 0.4) is 0 Å². The molecule has 9 heteroatoms. The van der Waals surface area contributed by atoms with E-state index in [0.29, 0.717) is 52.9 Å². The molecule has 0 spiro atoms. The van der Waals surface area contributed by atoms with Crippen molar-refractivity contribution in [3.8, 4) is 0 Å².